The van der Waals surface area contributed by atoms with Gasteiger partial charge in [0, 0.05) is 18.9 Å². The molecule has 23 heavy (non-hydrogen) atoms. The van der Waals surface area contributed by atoms with Crippen LogP contribution in [-0.2, 0) is 6.54 Å². The standard InChI is InChI=1S/C17H18N4O2/c1-2-13(9-18)23-14-5-3-4-12(8-14)10-21-16-6-7-20-11-15(16)17(19)22/h3-8,11,13H,2,10H2,1H3,(H2,19,22)(H,20,21). The Bertz CT molecular complexity index is 725. The van der Waals surface area contributed by atoms with Gasteiger partial charge in [0.25, 0.3) is 5.91 Å². The number of pyridine rings is 1. The van der Waals surface area contributed by atoms with E-state index in [1.165, 1.54) is 6.20 Å². The van der Waals surface area contributed by atoms with Crippen molar-refractivity contribution in [2.45, 2.75) is 26.0 Å². The molecule has 0 bridgehead atoms. The fourth-order valence-electron chi connectivity index (χ4n) is 2.04. The first-order valence-electron chi connectivity index (χ1n) is 7.27. The second-order valence-corrected chi connectivity index (χ2v) is 4.93. The molecule has 118 valence electrons. The Labute approximate surface area is 134 Å². The van der Waals surface area contributed by atoms with E-state index in [0.29, 0.717) is 30.0 Å². The Morgan fingerprint density at radius 3 is 3.00 bits per heavy atom. The summed E-state index contributed by atoms with van der Waals surface area (Å²) in [6.45, 7) is 2.39. The Morgan fingerprint density at radius 2 is 2.30 bits per heavy atom. The van der Waals surface area contributed by atoms with Crippen molar-refractivity contribution in [1.82, 2.24) is 4.98 Å². The van der Waals surface area contributed by atoms with Crippen molar-refractivity contribution in [3.8, 4) is 11.8 Å². The van der Waals surface area contributed by atoms with Gasteiger partial charge in [-0.25, -0.2) is 0 Å². The SMILES string of the molecule is CCC(C#N)Oc1cccc(CNc2ccncc2C(N)=O)c1. The fourth-order valence-corrected chi connectivity index (χ4v) is 2.04. The quantitative estimate of drug-likeness (QED) is 0.818. The lowest BCUT2D eigenvalue weighted by Gasteiger charge is -2.13. The lowest BCUT2D eigenvalue weighted by atomic mass is 10.2. The minimum atomic E-state index is -0.530. The molecule has 0 aliphatic heterocycles. The fraction of sp³-hybridized carbons (Fsp3) is 0.235. The van der Waals surface area contributed by atoms with E-state index >= 15 is 0 Å². The van der Waals surface area contributed by atoms with Gasteiger partial charge in [0.1, 0.15) is 11.8 Å². The molecule has 1 heterocycles. The maximum absolute atomic E-state index is 11.4. The van der Waals surface area contributed by atoms with Crippen LogP contribution in [0.4, 0.5) is 5.69 Å². The maximum atomic E-state index is 11.4. The van der Waals surface area contributed by atoms with Crippen molar-refractivity contribution in [3.05, 3.63) is 53.9 Å². The highest BCUT2D eigenvalue weighted by Crippen LogP contribution is 2.18. The average molecular weight is 310 g/mol. The smallest absolute Gasteiger partial charge is 0.252 e. The van der Waals surface area contributed by atoms with E-state index in [9.17, 15) is 4.79 Å². The second-order valence-electron chi connectivity index (χ2n) is 4.93. The molecule has 3 N–H and O–H groups in total. The number of primary amides is 1. The molecule has 6 nitrogen and oxygen atoms in total. The molecule has 1 atom stereocenters. The number of carbonyl (C=O) groups excluding carboxylic acids is 1. The van der Waals surface area contributed by atoms with E-state index in [-0.39, 0.29) is 0 Å². The van der Waals surface area contributed by atoms with Gasteiger partial charge in [-0.15, -0.1) is 0 Å². The predicted molar refractivity (Wildman–Crippen MR) is 86.8 cm³/mol. The summed E-state index contributed by atoms with van der Waals surface area (Å²) in [7, 11) is 0. The van der Waals surface area contributed by atoms with Crippen molar-refractivity contribution in [1.29, 1.82) is 5.26 Å². The van der Waals surface area contributed by atoms with Gasteiger partial charge >= 0.3 is 0 Å². The largest absolute Gasteiger partial charge is 0.476 e. The number of anilines is 1. The van der Waals surface area contributed by atoms with Gasteiger partial charge in [0.15, 0.2) is 6.10 Å². The monoisotopic (exact) mass is 310 g/mol. The van der Waals surface area contributed by atoms with Gasteiger partial charge in [-0.1, -0.05) is 19.1 Å². The number of nitrogens with two attached hydrogens (primary N) is 1. The number of nitriles is 1. The Hall–Kier alpha value is -3.07. The zero-order valence-corrected chi connectivity index (χ0v) is 12.8. The van der Waals surface area contributed by atoms with Crippen LogP contribution in [0.15, 0.2) is 42.7 Å². The summed E-state index contributed by atoms with van der Waals surface area (Å²) in [5.41, 5.74) is 7.25. The molecule has 0 aliphatic carbocycles. The molecule has 2 aromatic rings. The summed E-state index contributed by atoms with van der Waals surface area (Å²) < 4.78 is 5.59. The number of amides is 1. The number of benzene rings is 1. The lowest BCUT2D eigenvalue weighted by Crippen LogP contribution is -2.15. The summed E-state index contributed by atoms with van der Waals surface area (Å²) >= 11 is 0. The normalized spacial score (nSPS) is 11.3. The van der Waals surface area contributed by atoms with Gasteiger partial charge < -0.3 is 15.8 Å². The third-order valence-corrected chi connectivity index (χ3v) is 3.26. The van der Waals surface area contributed by atoms with Gasteiger partial charge in [-0.3, -0.25) is 9.78 Å². The van der Waals surface area contributed by atoms with Crippen molar-refractivity contribution < 1.29 is 9.53 Å². The van der Waals surface area contributed by atoms with Crippen LogP contribution in [0.1, 0.15) is 29.3 Å². The zero-order valence-electron chi connectivity index (χ0n) is 12.8. The summed E-state index contributed by atoms with van der Waals surface area (Å²) in [6.07, 6.45) is 3.19. The van der Waals surface area contributed by atoms with Crippen molar-refractivity contribution >= 4 is 11.6 Å². The third kappa shape index (κ3) is 4.45. The number of aromatic nitrogens is 1. The first-order valence-corrected chi connectivity index (χ1v) is 7.27. The van der Waals surface area contributed by atoms with E-state index in [2.05, 4.69) is 16.4 Å². The second kappa shape index (κ2) is 7.80. The summed E-state index contributed by atoms with van der Waals surface area (Å²) in [5.74, 6) is 0.111. The number of carbonyl (C=O) groups is 1. The van der Waals surface area contributed by atoms with Gasteiger partial charge in [0.2, 0.25) is 0 Å². The van der Waals surface area contributed by atoms with Crippen LogP contribution >= 0.6 is 0 Å². The third-order valence-electron chi connectivity index (χ3n) is 3.26. The molecule has 0 spiro atoms. The lowest BCUT2D eigenvalue weighted by molar-refractivity contribution is 0.100. The molecule has 0 saturated heterocycles. The minimum absolute atomic E-state index is 0.343. The van der Waals surface area contributed by atoms with E-state index < -0.39 is 12.0 Å². The minimum Gasteiger partial charge on any atom is -0.476 e. The topological polar surface area (TPSA) is 101 Å². The van der Waals surface area contributed by atoms with Gasteiger partial charge in [-0.2, -0.15) is 5.26 Å². The molecular weight excluding hydrogens is 292 g/mol. The number of nitrogens with zero attached hydrogens (tertiary/aromatic N) is 2. The van der Waals surface area contributed by atoms with Crippen LogP contribution in [0.25, 0.3) is 0 Å². The van der Waals surface area contributed by atoms with E-state index in [0.717, 1.165) is 5.56 Å². The first kappa shape index (κ1) is 16.3. The highest BCUT2D eigenvalue weighted by atomic mass is 16.5. The van der Waals surface area contributed by atoms with Crippen LogP contribution in [0.5, 0.6) is 5.75 Å². The summed E-state index contributed by atoms with van der Waals surface area (Å²) in [5, 5.41) is 12.1. The van der Waals surface area contributed by atoms with Crippen LogP contribution in [0.3, 0.4) is 0 Å². The zero-order chi connectivity index (χ0) is 16.7. The molecule has 0 saturated carbocycles. The van der Waals surface area contributed by atoms with Crippen molar-refractivity contribution in [3.63, 3.8) is 0 Å². The van der Waals surface area contributed by atoms with Crippen molar-refractivity contribution in [2.75, 3.05) is 5.32 Å². The number of hydrogen-bond donors (Lipinski definition) is 2. The number of rotatable bonds is 7. The van der Waals surface area contributed by atoms with Gasteiger partial charge in [0.05, 0.1) is 11.3 Å². The Balaban J connectivity index is 2.07. The molecule has 0 aliphatic rings. The summed E-state index contributed by atoms with van der Waals surface area (Å²) in [6, 6.07) is 11.3. The number of nitrogens with one attached hydrogen (secondary N) is 1. The first-order chi connectivity index (χ1) is 11.1. The van der Waals surface area contributed by atoms with Gasteiger partial charge in [-0.05, 0) is 30.2 Å². The van der Waals surface area contributed by atoms with Crippen LogP contribution < -0.4 is 15.8 Å². The molecule has 1 aromatic heterocycles. The molecular formula is C17H18N4O2. The van der Waals surface area contributed by atoms with E-state index in [1.807, 2.05) is 31.2 Å². The molecule has 2 rings (SSSR count). The molecule has 1 amide bonds. The molecule has 1 unspecified atom stereocenters. The molecule has 0 radical (unpaired) electrons. The number of hydrogen-bond acceptors (Lipinski definition) is 5. The average Bonchev–Trinajstić information content (AvgIpc) is 2.58. The maximum Gasteiger partial charge on any atom is 0.252 e. The molecule has 1 aromatic carbocycles. The Kier molecular flexibility index (Phi) is 5.53. The molecule has 6 heteroatoms. The predicted octanol–water partition coefficient (Wildman–Crippen LogP) is 2.47. The molecule has 0 fully saturated rings. The van der Waals surface area contributed by atoms with Crippen LogP contribution in [-0.4, -0.2) is 17.0 Å². The highest BCUT2D eigenvalue weighted by molar-refractivity contribution is 5.98. The van der Waals surface area contributed by atoms with E-state index in [4.69, 9.17) is 15.7 Å². The number of ether oxygens (including phenoxy) is 1. The van der Waals surface area contributed by atoms with E-state index in [1.54, 1.807) is 12.3 Å². The Morgan fingerprint density at radius 1 is 1.48 bits per heavy atom. The summed E-state index contributed by atoms with van der Waals surface area (Å²) in [4.78, 5) is 15.3. The van der Waals surface area contributed by atoms with Crippen LogP contribution in [0, 0.1) is 11.3 Å². The van der Waals surface area contributed by atoms with Crippen LogP contribution in [0.2, 0.25) is 0 Å². The van der Waals surface area contributed by atoms with Crippen molar-refractivity contribution in [2.24, 2.45) is 5.73 Å². The highest BCUT2D eigenvalue weighted by Gasteiger charge is 2.09.